The van der Waals surface area contributed by atoms with Crippen molar-refractivity contribution in [3.8, 4) is 0 Å². The van der Waals surface area contributed by atoms with E-state index in [9.17, 15) is 8.42 Å². The van der Waals surface area contributed by atoms with E-state index in [4.69, 9.17) is 0 Å². The zero-order valence-electron chi connectivity index (χ0n) is 14.0. The van der Waals surface area contributed by atoms with Crippen LogP contribution < -0.4 is 10.6 Å². The molecule has 23 heavy (non-hydrogen) atoms. The van der Waals surface area contributed by atoms with E-state index in [1.165, 1.54) is 15.6 Å². The third-order valence-corrected chi connectivity index (χ3v) is 6.90. The van der Waals surface area contributed by atoms with Crippen molar-refractivity contribution in [2.24, 2.45) is 4.99 Å². The molecule has 130 valence electrons. The van der Waals surface area contributed by atoms with Gasteiger partial charge in [0.05, 0.1) is 0 Å². The molecule has 0 saturated heterocycles. The Hall–Kier alpha value is -1.38. The van der Waals surface area contributed by atoms with Crippen LogP contribution in [0.2, 0.25) is 0 Å². The Balaban J connectivity index is 2.62. The average molecular weight is 359 g/mol. The minimum atomic E-state index is -3.35. The number of nitrogens with one attached hydrogen (secondary N) is 2. The third-order valence-electron chi connectivity index (χ3n) is 3.24. The van der Waals surface area contributed by atoms with Crippen molar-refractivity contribution < 1.29 is 8.42 Å². The van der Waals surface area contributed by atoms with Crippen molar-refractivity contribution >= 4 is 27.3 Å². The number of rotatable bonds is 9. The second kappa shape index (κ2) is 9.69. The molecular weight excluding hydrogens is 332 g/mol. The second-order valence-electron chi connectivity index (χ2n) is 4.73. The number of guanidine groups is 1. The summed E-state index contributed by atoms with van der Waals surface area (Å²) in [7, 11) is -1.65. The van der Waals surface area contributed by atoms with Gasteiger partial charge in [-0.2, -0.15) is 4.31 Å². The Bertz CT molecular complexity index is 619. The first-order valence-electron chi connectivity index (χ1n) is 7.63. The number of hydrogen-bond donors (Lipinski definition) is 2. The molecule has 0 amide bonds. The van der Waals surface area contributed by atoms with Gasteiger partial charge < -0.3 is 10.6 Å². The Kier molecular flexibility index (Phi) is 8.29. The molecule has 0 unspecified atom stereocenters. The van der Waals surface area contributed by atoms with Gasteiger partial charge in [-0.25, -0.2) is 8.42 Å². The van der Waals surface area contributed by atoms with E-state index < -0.39 is 10.0 Å². The summed E-state index contributed by atoms with van der Waals surface area (Å²) in [5.74, 6) is 0.706. The second-order valence-corrected chi connectivity index (χ2v) is 8.06. The van der Waals surface area contributed by atoms with Crippen LogP contribution in [0.1, 0.15) is 18.7 Å². The summed E-state index contributed by atoms with van der Waals surface area (Å²) in [6.07, 6.45) is 2.50. The number of hydrogen-bond acceptors (Lipinski definition) is 4. The van der Waals surface area contributed by atoms with Gasteiger partial charge in [0.25, 0.3) is 10.0 Å². The highest BCUT2D eigenvalue weighted by Gasteiger charge is 2.23. The topological polar surface area (TPSA) is 73.8 Å². The molecule has 1 aromatic heterocycles. The van der Waals surface area contributed by atoms with E-state index in [0.29, 0.717) is 36.3 Å². The molecule has 0 bridgehead atoms. The molecule has 0 aromatic carbocycles. The lowest BCUT2D eigenvalue weighted by Gasteiger charge is -2.16. The van der Waals surface area contributed by atoms with E-state index in [1.54, 1.807) is 19.2 Å². The van der Waals surface area contributed by atoms with Gasteiger partial charge in [-0.3, -0.25) is 4.99 Å². The summed E-state index contributed by atoms with van der Waals surface area (Å²) < 4.78 is 26.8. The van der Waals surface area contributed by atoms with Crippen molar-refractivity contribution in [2.45, 2.75) is 24.5 Å². The van der Waals surface area contributed by atoms with Gasteiger partial charge in [0, 0.05) is 38.1 Å². The molecule has 6 nitrogen and oxygen atoms in total. The summed E-state index contributed by atoms with van der Waals surface area (Å²) in [5, 5.41) is 6.27. The van der Waals surface area contributed by atoms with Crippen LogP contribution in [0, 0.1) is 0 Å². The minimum absolute atomic E-state index is 0.408. The van der Waals surface area contributed by atoms with Gasteiger partial charge in [0.15, 0.2) is 5.96 Å². The molecule has 0 spiro atoms. The first-order valence-corrected chi connectivity index (χ1v) is 9.89. The fraction of sp³-hybridized carbons (Fsp3) is 0.533. The maximum absolute atomic E-state index is 12.4. The van der Waals surface area contributed by atoms with Crippen LogP contribution in [0.4, 0.5) is 0 Å². The van der Waals surface area contributed by atoms with Crippen molar-refractivity contribution in [3.63, 3.8) is 0 Å². The van der Waals surface area contributed by atoms with Crippen LogP contribution in [-0.4, -0.2) is 51.9 Å². The molecule has 0 aliphatic heterocycles. The number of thiophene rings is 1. The lowest BCUT2D eigenvalue weighted by atomic mass is 10.3. The first-order chi connectivity index (χ1) is 11.0. The van der Waals surface area contributed by atoms with Crippen molar-refractivity contribution in [2.75, 3.05) is 33.2 Å². The van der Waals surface area contributed by atoms with E-state index in [-0.39, 0.29) is 0 Å². The highest BCUT2D eigenvalue weighted by atomic mass is 32.2. The molecule has 0 aliphatic rings. The lowest BCUT2D eigenvalue weighted by molar-refractivity contribution is 0.447. The van der Waals surface area contributed by atoms with Crippen LogP contribution in [0.15, 0.2) is 34.0 Å². The Morgan fingerprint density at radius 1 is 1.35 bits per heavy atom. The molecule has 0 radical (unpaired) electrons. The third kappa shape index (κ3) is 5.63. The number of aliphatic imine (C=N–C) groups is 1. The van der Waals surface area contributed by atoms with Crippen LogP contribution in [0.25, 0.3) is 0 Å². The largest absolute Gasteiger partial charge is 0.356 e. The molecule has 0 aliphatic carbocycles. The van der Waals surface area contributed by atoms with Crippen LogP contribution in [0.3, 0.4) is 0 Å². The lowest BCUT2D eigenvalue weighted by Crippen LogP contribution is -2.38. The van der Waals surface area contributed by atoms with Crippen molar-refractivity contribution in [3.05, 3.63) is 29.7 Å². The highest BCUT2D eigenvalue weighted by Crippen LogP contribution is 2.25. The zero-order valence-corrected chi connectivity index (χ0v) is 15.6. The molecule has 0 atom stereocenters. The summed E-state index contributed by atoms with van der Waals surface area (Å²) >= 11 is 1.33. The van der Waals surface area contributed by atoms with Crippen LogP contribution >= 0.6 is 11.3 Å². The van der Waals surface area contributed by atoms with Gasteiger partial charge >= 0.3 is 0 Å². The smallest absolute Gasteiger partial charge is 0.252 e. The fourth-order valence-corrected chi connectivity index (χ4v) is 4.98. The standard InChI is InChI=1S/C15H26N4O2S2/c1-5-11-17-15(16-4)18-12-10-13-8-9-14(22-13)23(20,21)19(6-2)7-3/h5,8-9H,1,6-7,10-12H2,2-4H3,(H2,16,17,18). The maximum Gasteiger partial charge on any atom is 0.252 e. The molecule has 1 heterocycles. The monoisotopic (exact) mass is 358 g/mol. The normalized spacial score (nSPS) is 12.4. The molecular formula is C15H26N4O2S2. The van der Waals surface area contributed by atoms with Gasteiger partial charge in [-0.1, -0.05) is 19.9 Å². The van der Waals surface area contributed by atoms with Gasteiger partial charge in [0.2, 0.25) is 0 Å². The molecule has 0 saturated carbocycles. The predicted molar refractivity (Wildman–Crippen MR) is 97.7 cm³/mol. The fourth-order valence-electron chi connectivity index (χ4n) is 2.02. The summed E-state index contributed by atoms with van der Waals surface area (Å²) in [6, 6.07) is 3.57. The molecule has 1 aromatic rings. The van der Waals surface area contributed by atoms with Gasteiger partial charge in [-0.05, 0) is 18.6 Å². The van der Waals surface area contributed by atoms with E-state index in [1.807, 2.05) is 19.9 Å². The van der Waals surface area contributed by atoms with Crippen molar-refractivity contribution in [1.82, 2.24) is 14.9 Å². The van der Waals surface area contributed by atoms with Crippen LogP contribution in [0.5, 0.6) is 0 Å². The highest BCUT2D eigenvalue weighted by molar-refractivity contribution is 7.91. The minimum Gasteiger partial charge on any atom is -0.356 e. The summed E-state index contributed by atoms with van der Waals surface area (Å²) in [4.78, 5) is 5.12. The summed E-state index contributed by atoms with van der Waals surface area (Å²) in [5.41, 5.74) is 0. The Morgan fingerprint density at radius 3 is 2.61 bits per heavy atom. The molecule has 0 fully saturated rings. The molecule has 1 rings (SSSR count). The predicted octanol–water partition coefficient (Wildman–Crippen LogP) is 1.67. The number of sulfonamides is 1. The van der Waals surface area contributed by atoms with E-state index >= 15 is 0 Å². The average Bonchev–Trinajstić information content (AvgIpc) is 3.01. The van der Waals surface area contributed by atoms with E-state index in [2.05, 4.69) is 22.2 Å². The Labute approximate surface area is 143 Å². The van der Waals surface area contributed by atoms with Crippen molar-refractivity contribution in [1.29, 1.82) is 0 Å². The first kappa shape index (κ1) is 19.7. The quantitative estimate of drug-likeness (QED) is 0.400. The van der Waals surface area contributed by atoms with Gasteiger partial charge in [0.1, 0.15) is 4.21 Å². The Morgan fingerprint density at radius 2 is 2.04 bits per heavy atom. The summed E-state index contributed by atoms with van der Waals surface area (Å²) in [6.45, 7) is 9.64. The number of nitrogens with zero attached hydrogens (tertiary/aromatic N) is 2. The maximum atomic E-state index is 12.4. The van der Waals surface area contributed by atoms with Gasteiger partial charge in [-0.15, -0.1) is 17.9 Å². The SMILES string of the molecule is C=CCNC(=NC)NCCc1ccc(S(=O)(=O)N(CC)CC)s1. The molecule has 2 N–H and O–H groups in total. The van der Waals surface area contributed by atoms with Crippen LogP contribution in [-0.2, 0) is 16.4 Å². The molecule has 8 heteroatoms. The zero-order chi connectivity index (χ0) is 17.3. The van der Waals surface area contributed by atoms with E-state index in [0.717, 1.165) is 11.3 Å².